The average Bonchev–Trinajstić information content (AvgIpc) is 3.34. The summed E-state index contributed by atoms with van der Waals surface area (Å²) >= 11 is 0. The first-order chi connectivity index (χ1) is 16.0. The number of aliphatic hydroxyl groups is 1. The predicted octanol–water partition coefficient (Wildman–Crippen LogP) is 2.30. The molecule has 0 amide bonds. The lowest BCUT2D eigenvalue weighted by Gasteiger charge is -2.38. The number of para-hydroxylation sites is 1. The molecule has 0 bridgehead atoms. The molecule has 5 rings (SSSR count). The second-order valence-electron chi connectivity index (χ2n) is 9.20. The first-order valence-electron chi connectivity index (χ1n) is 11.8. The Balaban J connectivity index is 1.22. The number of hydrogen-bond donors (Lipinski definition) is 3. The smallest absolute Gasteiger partial charge is 0.258 e. The van der Waals surface area contributed by atoms with Gasteiger partial charge in [0.2, 0.25) is 0 Å². The number of fused-ring (bicyclic) bond motifs is 1. The van der Waals surface area contributed by atoms with E-state index in [1.165, 1.54) is 0 Å². The quantitative estimate of drug-likeness (QED) is 0.515. The van der Waals surface area contributed by atoms with Gasteiger partial charge >= 0.3 is 0 Å². The largest absolute Gasteiger partial charge is 0.373 e. The molecule has 2 atom stereocenters. The summed E-state index contributed by atoms with van der Waals surface area (Å²) in [5.41, 5.74) is 3.49. The molecule has 8 heteroatoms. The molecular weight excluding hydrogens is 416 g/mol. The van der Waals surface area contributed by atoms with Crippen LogP contribution in [0.25, 0.3) is 10.9 Å². The second kappa shape index (κ2) is 9.21. The number of aryl methyl sites for hydroxylation is 1. The van der Waals surface area contributed by atoms with Crippen LogP contribution in [-0.4, -0.2) is 64.2 Å². The zero-order valence-corrected chi connectivity index (χ0v) is 19.3. The van der Waals surface area contributed by atoms with E-state index in [0.29, 0.717) is 17.1 Å². The number of aromatic amines is 1. The van der Waals surface area contributed by atoms with Crippen molar-refractivity contribution in [3.05, 3.63) is 64.0 Å². The van der Waals surface area contributed by atoms with Crippen LogP contribution in [-0.2, 0) is 0 Å². The molecule has 0 saturated carbocycles. The molecule has 3 N–H and O–H groups in total. The molecule has 2 aliphatic rings. The van der Waals surface area contributed by atoms with Gasteiger partial charge in [-0.15, -0.1) is 0 Å². The summed E-state index contributed by atoms with van der Waals surface area (Å²) in [6, 6.07) is 12.1. The van der Waals surface area contributed by atoms with Crippen molar-refractivity contribution in [2.45, 2.75) is 44.4 Å². The first kappa shape index (κ1) is 22.0. The average molecular weight is 449 g/mol. The summed E-state index contributed by atoms with van der Waals surface area (Å²) < 4.78 is 0. The Labute approximate surface area is 193 Å². The molecule has 2 aliphatic heterocycles. The van der Waals surface area contributed by atoms with E-state index in [2.05, 4.69) is 31.2 Å². The fourth-order valence-electron chi connectivity index (χ4n) is 5.32. The Morgan fingerprint density at radius 3 is 2.64 bits per heavy atom. The highest BCUT2D eigenvalue weighted by molar-refractivity contribution is 5.77. The number of nitrogens with one attached hydrogen (secondary N) is 2. The molecule has 174 valence electrons. The van der Waals surface area contributed by atoms with Gasteiger partial charge in [0.25, 0.3) is 5.56 Å². The summed E-state index contributed by atoms with van der Waals surface area (Å²) in [5, 5.41) is 13.4. The Hall–Kier alpha value is -2.81. The van der Waals surface area contributed by atoms with Crippen LogP contribution in [0.2, 0.25) is 0 Å². The van der Waals surface area contributed by atoms with Gasteiger partial charge in [0.15, 0.2) is 0 Å². The number of likely N-dealkylation sites (tertiary alicyclic amines) is 1. The fourth-order valence-corrected chi connectivity index (χ4v) is 5.32. The summed E-state index contributed by atoms with van der Waals surface area (Å²) in [6.07, 6.45) is 2.50. The van der Waals surface area contributed by atoms with Crippen LogP contribution in [0, 0.1) is 6.92 Å². The fraction of sp³-hybridized carbons (Fsp3) is 0.480. The number of H-pyrrole nitrogens is 1. The van der Waals surface area contributed by atoms with Crippen molar-refractivity contribution in [3.8, 4) is 0 Å². The van der Waals surface area contributed by atoms with Gasteiger partial charge in [-0.25, -0.2) is 4.98 Å². The maximum absolute atomic E-state index is 12.5. The van der Waals surface area contributed by atoms with Crippen LogP contribution in [0.3, 0.4) is 0 Å². The maximum atomic E-state index is 12.5. The number of nitrogens with zero attached hydrogens (tertiary/aromatic N) is 4. The van der Waals surface area contributed by atoms with E-state index < -0.39 is 6.23 Å². The number of pyridine rings is 1. The minimum Gasteiger partial charge on any atom is -0.373 e. The molecule has 4 heterocycles. The van der Waals surface area contributed by atoms with Gasteiger partial charge < -0.3 is 15.0 Å². The van der Waals surface area contributed by atoms with Crippen LogP contribution in [0.4, 0.5) is 5.69 Å². The third kappa shape index (κ3) is 4.38. The summed E-state index contributed by atoms with van der Waals surface area (Å²) in [5.74, 6) is 1.10. The van der Waals surface area contributed by atoms with Crippen LogP contribution >= 0.6 is 0 Å². The molecule has 2 aromatic heterocycles. The Bertz CT molecular complexity index is 1190. The molecule has 3 aromatic rings. The van der Waals surface area contributed by atoms with E-state index in [9.17, 15) is 9.90 Å². The summed E-state index contributed by atoms with van der Waals surface area (Å²) in [7, 11) is 1.72. The van der Waals surface area contributed by atoms with Gasteiger partial charge in [0.05, 0.1) is 28.0 Å². The summed E-state index contributed by atoms with van der Waals surface area (Å²) in [6.45, 7) is 5.99. The van der Waals surface area contributed by atoms with Crippen molar-refractivity contribution in [1.29, 1.82) is 0 Å². The molecule has 1 aromatic carbocycles. The Kier molecular flexibility index (Phi) is 6.14. The normalized spacial score (nSPS) is 21.1. The molecule has 2 fully saturated rings. The van der Waals surface area contributed by atoms with E-state index in [1.54, 1.807) is 7.05 Å². The highest BCUT2D eigenvalue weighted by Crippen LogP contribution is 2.31. The van der Waals surface area contributed by atoms with Crippen molar-refractivity contribution in [1.82, 2.24) is 25.2 Å². The van der Waals surface area contributed by atoms with Crippen molar-refractivity contribution >= 4 is 16.6 Å². The minimum absolute atomic E-state index is 0.0420. The van der Waals surface area contributed by atoms with Gasteiger partial charge in [0.1, 0.15) is 12.1 Å². The Morgan fingerprint density at radius 1 is 1.09 bits per heavy atom. The number of hydrogen-bond acceptors (Lipinski definition) is 7. The van der Waals surface area contributed by atoms with Crippen LogP contribution < -0.4 is 15.8 Å². The SMILES string of the molecule is CNC(O)c1ccc(N2CCC(N3CCC(c4nc5ccccc5c(=O)[nH]4)C3)CC2)c(C)n1. The standard InChI is InChI=1S/C25H32N6O2/c1-16-22(8-7-21(27-16)25(33)26-2)30-13-10-18(11-14-30)31-12-9-17(15-31)23-28-20-6-4-3-5-19(20)24(32)29-23/h3-8,17-18,25-26,33H,9-15H2,1-2H3,(H,28,29,32). The molecule has 0 spiro atoms. The lowest BCUT2D eigenvalue weighted by atomic mass is 10.0. The second-order valence-corrected chi connectivity index (χ2v) is 9.20. The number of rotatable bonds is 5. The van der Waals surface area contributed by atoms with Gasteiger partial charge in [-0.2, -0.15) is 0 Å². The highest BCUT2D eigenvalue weighted by Gasteiger charge is 2.33. The van der Waals surface area contributed by atoms with Crippen LogP contribution in [0.15, 0.2) is 41.2 Å². The zero-order valence-electron chi connectivity index (χ0n) is 19.3. The maximum Gasteiger partial charge on any atom is 0.258 e. The monoisotopic (exact) mass is 448 g/mol. The number of aliphatic hydroxyl groups excluding tert-OH is 1. The molecule has 33 heavy (non-hydrogen) atoms. The van der Waals surface area contributed by atoms with Crippen LogP contribution in [0.1, 0.15) is 48.6 Å². The number of anilines is 1. The van der Waals surface area contributed by atoms with E-state index >= 15 is 0 Å². The van der Waals surface area contributed by atoms with Gasteiger partial charge in [-0.05, 0) is 64.0 Å². The van der Waals surface area contributed by atoms with Crippen molar-refractivity contribution in [2.75, 3.05) is 38.1 Å². The Morgan fingerprint density at radius 2 is 1.88 bits per heavy atom. The predicted molar refractivity (Wildman–Crippen MR) is 130 cm³/mol. The zero-order chi connectivity index (χ0) is 22.9. The molecule has 0 aliphatic carbocycles. The van der Waals surface area contributed by atoms with Gasteiger partial charge in [-0.1, -0.05) is 12.1 Å². The van der Waals surface area contributed by atoms with Crippen molar-refractivity contribution in [2.24, 2.45) is 0 Å². The van der Waals surface area contributed by atoms with Gasteiger partial charge in [0, 0.05) is 31.6 Å². The molecule has 2 unspecified atom stereocenters. The van der Waals surface area contributed by atoms with Gasteiger partial charge in [-0.3, -0.25) is 20.0 Å². The highest BCUT2D eigenvalue weighted by atomic mass is 16.3. The molecular formula is C25H32N6O2. The number of aromatic nitrogens is 3. The molecule has 2 saturated heterocycles. The number of benzene rings is 1. The first-order valence-corrected chi connectivity index (χ1v) is 11.8. The van der Waals surface area contributed by atoms with E-state index in [-0.39, 0.29) is 11.5 Å². The number of piperidine rings is 1. The van der Waals surface area contributed by atoms with E-state index in [4.69, 9.17) is 4.98 Å². The molecule has 8 nitrogen and oxygen atoms in total. The van der Waals surface area contributed by atoms with E-state index in [1.807, 2.05) is 37.3 Å². The van der Waals surface area contributed by atoms with Crippen molar-refractivity contribution in [3.63, 3.8) is 0 Å². The summed E-state index contributed by atoms with van der Waals surface area (Å²) in [4.78, 5) is 29.8. The topological polar surface area (TPSA) is 97.4 Å². The lowest BCUT2D eigenvalue weighted by molar-refractivity contribution is 0.144. The van der Waals surface area contributed by atoms with E-state index in [0.717, 1.165) is 68.2 Å². The molecule has 0 radical (unpaired) electrons. The van der Waals surface area contributed by atoms with Crippen LogP contribution in [0.5, 0.6) is 0 Å². The third-order valence-corrected chi connectivity index (χ3v) is 7.19. The third-order valence-electron chi connectivity index (χ3n) is 7.19. The van der Waals surface area contributed by atoms with Crippen molar-refractivity contribution < 1.29 is 5.11 Å². The minimum atomic E-state index is -0.737. The lowest BCUT2D eigenvalue weighted by Crippen LogP contribution is -2.44.